The molecule has 7 heteroatoms. The van der Waals surface area contributed by atoms with Crippen LogP contribution in [0.15, 0.2) is 17.6 Å². The van der Waals surface area contributed by atoms with E-state index in [1.54, 1.807) is 6.08 Å². The summed E-state index contributed by atoms with van der Waals surface area (Å²) in [7, 11) is 0.644. The van der Waals surface area contributed by atoms with Gasteiger partial charge in [-0.15, -0.1) is 0 Å². The minimum absolute atomic E-state index is 0.0473. The van der Waals surface area contributed by atoms with Crippen LogP contribution in [0.1, 0.15) is 33.3 Å². The van der Waals surface area contributed by atoms with E-state index in [4.69, 9.17) is 19.8 Å². The minimum atomic E-state index is -0.774. The van der Waals surface area contributed by atoms with E-state index in [2.05, 4.69) is 0 Å². The number of rotatable bonds is 4. The predicted molar refractivity (Wildman–Crippen MR) is 86.0 cm³/mol. The SMILES string of the molecule is COc1c(F)cc(F)cc1C=C(CN)B1OC(C)(C)C(C)(C)O1. The van der Waals surface area contributed by atoms with Gasteiger partial charge in [0.15, 0.2) is 11.6 Å². The standard InChI is InChI=1S/C16H22BF2NO3/c1-15(2)16(3,4)23-17(22-15)11(9-20)6-10-7-12(18)8-13(19)14(10)21-5/h6-8H,9,20H2,1-5H3. The van der Waals surface area contributed by atoms with Crippen LogP contribution < -0.4 is 10.5 Å². The summed E-state index contributed by atoms with van der Waals surface area (Å²) in [5.41, 5.74) is 5.57. The Hall–Kier alpha value is -1.44. The Kier molecular flexibility index (Phi) is 4.85. The highest BCUT2D eigenvalue weighted by Crippen LogP contribution is 2.39. The maximum absolute atomic E-state index is 13.8. The van der Waals surface area contributed by atoms with E-state index < -0.39 is 30.0 Å². The van der Waals surface area contributed by atoms with Crippen molar-refractivity contribution in [2.24, 2.45) is 5.73 Å². The Morgan fingerprint density at radius 3 is 2.26 bits per heavy atom. The van der Waals surface area contributed by atoms with Gasteiger partial charge in [-0.05, 0) is 39.2 Å². The molecule has 2 N–H and O–H groups in total. The Balaban J connectivity index is 2.42. The van der Waals surface area contributed by atoms with Crippen LogP contribution in [0, 0.1) is 11.6 Å². The van der Waals surface area contributed by atoms with Crippen molar-refractivity contribution in [3.8, 4) is 5.75 Å². The zero-order valence-electron chi connectivity index (χ0n) is 14.1. The summed E-state index contributed by atoms with van der Waals surface area (Å²) in [5, 5.41) is 0. The van der Waals surface area contributed by atoms with Crippen LogP contribution in [0.3, 0.4) is 0 Å². The van der Waals surface area contributed by atoms with E-state index in [-0.39, 0.29) is 17.9 Å². The van der Waals surface area contributed by atoms with Crippen LogP contribution in [-0.4, -0.2) is 32.0 Å². The van der Waals surface area contributed by atoms with E-state index in [0.29, 0.717) is 5.47 Å². The van der Waals surface area contributed by atoms with Gasteiger partial charge >= 0.3 is 7.12 Å². The van der Waals surface area contributed by atoms with Gasteiger partial charge in [-0.1, -0.05) is 6.08 Å². The lowest BCUT2D eigenvalue weighted by Gasteiger charge is -2.32. The molecule has 0 unspecified atom stereocenters. The maximum atomic E-state index is 13.8. The number of nitrogens with two attached hydrogens (primary N) is 1. The molecule has 0 saturated carbocycles. The highest BCUT2D eigenvalue weighted by molar-refractivity contribution is 6.55. The Labute approximate surface area is 135 Å². The van der Waals surface area contributed by atoms with Crippen molar-refractivity contribution in [1.82, 2.24) is 0 Å². The second kappa shape index (κ2) is 6.22. The second-order valence-electron chi connectivity index (χ2n) is 6.52. The molecule has 4 nitrogen and oxygen atoms in total. The quantitative estimate of drug-likeness (QED) is 0.865. The fourth-order valence-corrected chi connectivity index (χ4v) is 2.32. The summed E-state index contributed by atoms with van der Waals surface area (Å²) in [6, 6.07) is 1.95. The van der Waals surface area contributed by atoms with Gasteiger partial charge in [0.1, 0.15) is 5.82 Å². The van der Waals surface area contributed by atoms with Crippen LogP contribution in [0.5, 0.6) is 5.75 Å². The Morgan fingerprint density at radius 1 is 1.22 bits per heavy atom. The van der Waals surface area contributed by atoms with Gasteiger partial charge in [0.25, 0.3) is 0 Å². The van der Waals surface area contributed by atoms with Crippen molar-refractivity contribution in [2.45, 2.75) is 38.9 Å². The minimum Gasteiger partial charge on any atom is -0.493 e. The molecule has 1 saturated heterocycles. The summed E-state index contributed by atoms with van der Waals surface area (Å²) in [5.74, 6) is -1.52. The molecule has 126 valence electrons. The molecule has 1 aromatic rings. The van der Waals surface area contributed by atoms with Crippen molar-refractivity contribution in [3.05, 3.63) is 34.8 Å². The molecule has 0 atom stereocenters. The number of hydrogen-bond donors (Lipinski definition) is 1. The molecule has 2 rings (SSSR count). The van der Waals surface area contributed by atoms with Crippen LogP contribution in [0.4, 0.5) is 8.78 Å². The lowest BCUT2D eigenvalue weighted by atomic mass is 9.77. The van der Waals surface area contributed by atoms with Gasteiger partial charge in [0.05, 0.1) is 18.3 Å². The highest BCUT2D eigenvalue weighted by atomic mass is 19.1. The van der Waals surface area contributed by atoms with Crippen molar-refractivity contribution in [3.63, 3.8) is 0 Å². The number of hydrogen-bond acceptors (Lipinski definition) is 4. The monoisotopic (exact) mass is 325 g/mol. The first kappa shape index (κ1) is 17.9. The smallest absolute Gasteiger partial charge is 0.491 e. The summed E-state index contributed by atoms with van der Waals surface area (Å²) < 4.78 is 44.2. The summed E-state index contributed by atoms with van der Waals surface area (Å²) in [6.07, 6.45) is 1.55. The van der Waals surface area contributed by atoms with Gasteiger partial charge in [0, 0.05) is 18.2 Å². The summed E-state index contributed by atoms with van der Waals surface area (Å²) >= 11 is 0. The molecule has 0 aromatic heterocycles. The molecule has 0 bridgehead atoms. The van der Waals surface area contributed by atoms with E-state index in [9.17, 15) is 8.78 Å². The Morgan fingerprint density at radius 2 is 1.78 bits per heavy atom. The molecular weight excluding hydrogens is 303 g/mol. The average Bonchev–Trinajstić information content (AvgIpc) is 2.64. The third-order valence-corrected chi connectivity index (χ3v) is 4.37. The average molecular weight is 325 g/mol. The van der Waals surface area contributed by atoms with Gasteiger partial charge < -0.3 is 19.8 Å². The molecular formula is C16H22BF2NO3. The number of ether oxygens (including phenoxy) is 1. The topological polar surface area (TPSA) is 53.7 Å². The normalized spacial score (nSPS) is 20.0. The molecule has 0 amide bonds. The largest absolute Gasteiger partial charge is 0.493 e. The second-order valence-corrected chi connectivity index (χ2v) is 6.52. The van der Waals surface area contributed by atoms with Gasteiger partial charge in [-0.25, -0.2) is 8.78 Å². The third-order valence-electron chi connectivity index (χ3n) is 4.37. The predicted octanol–water partition coefficient (Wildman–Crippen LogP) is 2.95. The van der Waals surface area contributed by atoms with E-state index >= 15 is 0 Å². The van der Waals surface area contributed by atoms with Gasteiger partial charge in [-0.3, -0.25) is 0 Å². The van der Waals surface area contributed by atoms with Crippen molar-refractivity contribution in [2.75, 3.05) is 13.7 Å². The lowest BCUT2D eigenvalue weighted by molar-refractivity contribution is 0.00578. The molecule has 1 fully saturated rings. The van der Waals surface area contributed by atoms with E-state index in [1.807, 2.05) is 27.7 Å². The van der Waals surface area contributed by atoms with E-state index in [1.165, 1.54) is 13.2 Å². The fourth-order valence-electron chi connectivity index (χ4n) is 2.32. The number of halogens is 2. The first-order chi connectivity index (χ1) is 10.6. The fraction of sp³-hybridized carbons (Fsp3) is 0.500. The molecule has 1 heterocycles. The zero-order valence-corrected chi connectivity index (χ0v) is 14.1. The lowest BCUT2D eigenvalue weighted by Crippen LogP contribution is -2.41. The first-order valence-corrected chi connectivity index (χ1v) is 7.40. The van der Waals surface area contributed by atoms with Crippen LogP contribution in [0.2, 0.25) is 0 Å². The molecule has 23 heavy (non-hydrogen) atoms. The Bertz CT molecular complexity index is 616. The third kappa shape index (κ3) is 3.41. The van der Waals surface area contributed by atoms with Gasteiger partial charge in [-0.2, -0.15) is 0 Å². The number of methoxy groups -OCH3 is 1. The van der Waals surface area contributed by atoms with E-state index in [0.717, 1.165) is 6.07 Å². The number of benzene rings is 1. The maximum Gasteiger partial charge on any atom is 0.491 e. The highest BCUT2D eigenvalue weighted by Gasteiger charge is 2.52. The molecule has 0 spiro atoms. The molecule has 0 aliphatic carbocycles. The molecule has 1 aliphatic heterocycles. The van der Waals surface area contributed by atoms with Crippen molar-refractivity contribution in [1.29, 1.82) is 0 Å². The molecule has 1 aliphatic rings. The van der Waals surface area contributed by atoms with Crippen LogP contribution in [0.25, 0.3) is 6.08 Å². The summed E-state index contributed by atoms with van der Waals surface area (Å²) in [4.78, 5) is 0. The summed E-state index contributed by atoms with van der Waals surface area (Å²) in [6.45, 7) is 7.80. The van der Waals surface area contributed by atoms with Crippen molar-refractivity contribution < 1.29 is 22.8 Å². The molecule has 1 aromatic carbocycles. The molecule has 0 radical (unpaired) electrons. The zero-order chi connectivity index (χ0) is 17.4. The van der Waals surface area contributed by atoms with Gasteiger partial charge in [0.2, 0.25) is 0 Å². The van der Waals surface area contributed by atoms with Crippen LogP contribution in [-0.2, 0) is 9.31 Å². The van der Waals surface area contributed by atoms with Crippen LogP contribution >= 0.6 is 0 Å². The van der Waals surface area contributed by atoms with Crippen molar-refractivity contribution >= 4 is 13.2 Å². The first-order valence-electron chi connectivity index (χ1n) is 7.40.